The minimum absolute atomic E-state index is 0.0581. The molecule has 2 heterocycles. The first-order valence-corrected chi connectivity index (χ1v) is 6.68. The summed E-state index contributed by atoms with van der Waals surface area (Å²) in [7, 11) is 0. The van der Waals surface area contributed by atoms with Gasteiger partial charge in [0.05, 0.1) is 16.6 Å². The van der Waals surface area contributed by atoms with Crippen LogP contribution in [0.2, 0.25) is 4.34 Å². The summed E-state index contributed by atoms with van der Waals surface area (Å²) in [6.45, 7) is 2.86. The number of anilines is 1. The van der Waals surface area contributed by atoms with Gasteiger partial charge in [0.1, 0.15) is 5.75 Å². The highest BCUT2D eigenvalue weighted by Crippen LogP contribution is 2.37. The van der Waals surface area contributed by atoms with Crippen LogP contribution in [-0.4, -0.2) is 6.54 Å². The van der Waals surface area contributed by atoms with Crippen LogP contribution < -0.4 is 10.1 Å². The van der Waals surface area contributed by atoms with E-state index in [0.717, 1.165) is 27.2 Å². The van der Waals surface area contributed by atoms with Crippen LogP contribution in [0.15, 0.2) is 30.3 Å². The Labute approximate surface area is 109 Å². The molecule has 2 aromatic rings. The molecule has 1 aliphatic rings. The van der Waals surface area contributed by atoms with Crippen molar-refractivity contribution in [3.63, 3.8) is 0 Å². The molecule has 0 amide bonds. The van der Waals surface area contributed by atoms with E-state index in [4.69, 9.17) is 16.3 Å². The quantitative estimate of drug-likeness (QED) is 0.832. The molecule has 1 aliphatic heterocycles. The second kappa shape index (κ2) is 4.24. The summed E-state index contributed by atoms with van der Waals surface area (Å²) in [6, 6.07) is 10.1. The number of hydrogen-bond acceptors (Lipinski definition) is 3. The third-order valence-corrected chi connectivity index (χ3v) is 4.12. The molecule has 0 saturated carbocycles. The van der Waals surface area contributed by atoms with Crippen LogP contribution in [0.1, 0.15) is 16.5 Å². The summed E-state index contributed by atoms with van der Waals surface area (Å²) in [5.41, 5.74) is 2.31. The molecule has 1 aromatic carbocycles. The molecule has 1 aromatic heterocycles. The van der Waals surface area contributed by atoms with E-state index in [9.17, 15) is 0 Å². The molecule has 0 aliphatic carbocycles. The molecule has 1 unspecified atom stereocenters. The van der Waals surface area contributed by atoms with Gasteiger partial charge in [-0.1, -0.05) is 17.7 Å². The fourth-order valence-electron chi connectivity index (χ4n) is 1.94. The van der Waals surface area contributed by atoms with Gasteiger partial charge >= 0.3 is 0 Å². The number of halogens is 1. The van der Waals surface area contributed by atoms with Crippen molar-refractivity contribution in [2.24, 2.45) is 0 Å². The van der Waals surface area contributed by atoms with Crippen molar-refractivity contribution in [1.29, 1.82) is 0 Å². The monoisotopic (exact) mass is 265 g/mol. The van der Waals surface area contributed by atoms with Crippen LogP contribution in [0.25, 0.3) is 0 Å². The molecule has 17 heavy (non-hydrogen) atoms. The van der Waals surface area contributed by atoms with E-state index in [-0.39, 0.29) is 6.10 Å². The van der Waals surface area contributed by atoms with Crippen LogP contribution >= 0.6 is 22.9 Å². The Balaban J connectivity index is 1.88. The van der Waals surface area contributed by atoms with E-state index in [1.165, 1.54) is 5.56 Å². The summed E-state index contributed by atoms with van der Waals surface area (Å²) in [6.07, 6.45) is 0.0581. The Hall–Kier alpha value is -1.19. The smallest absolute Gasteiger partial charge is 0.150 e. The molecule has 1 N–H and O–H groups in total. The first-order chi connectivity index (χ1) is 8.22. The molecule has 3 rings (SSSR count). The van der Waals surface area contributed by atoms with Crippen LogP contribution in [0.4, 0.5) is 5.69 Å². The number of hydrogen-bond donors (Lipinski definition) is 1. The lowest BCUT2D eigenvalue weighted by atomic mass is 10.1. The van der Waals surface area contributed by atoms with Gasteiger partial charge < -0.3 is 10.1 Å². The lowest BCUT2D eigenvalue weighted by Gasteiger charge is -2.26. The summed E-state index contributed by atoms with van der Waals surface area (Å²) in [4.78, 5) is 1.16. The topological polar surface area (TPSA) is 21.3 Å². The van der Waals surface area contributed by atoms with E-state index in [0.29, 0.717) is 0 Å². The zero-order valence-corrected chi connectivity index (χ0v) is 10.9. The minimum atomic E-state index is 0.0581. The summed E-state index contributed by atoms with van der Waals surface area (Å²) in [5.74, 6) is 0.913. The maximum absolute atomic E-state index is 5.98. The van der Waals surface area contributed by atoms with Gasteiger partial charge in [0.15, 0.2) is 6.10 Å². The third-order valence-electron chi connectivity index (χ3n) is 2.79. The molecule has 88 valence electrons. The maximum atomic E-state index is 5.98. The highest BCUT2D eigenvalue weighted by Gasteiger charge is 2.22. The number of nitrogens with one attached hydrogen (secondary N) is 1. The second-order valence-electron chi connectivity index (χ2n) is 4.13. The second-order valence-corrected chi connectivity index (χ2v) is 5.88. The molecule has 0 saturated heterocycles. The predicted molar refractivity (Wildman–Crippen MR) is 72.4 cm³/mol. The third kappa shape index (κ3) is 2.13. The van der Waals surface area contributed by atoms with Gasteiger partial charge in [-0.05, 0) is 36.8 Å². The highest BCUT2D eigenvalue weighted by atomic mass is 35.5. The molecular weight excluding hydrogens is 254 g/mol. The SMILES string of the molecule is Cc1ccc2c(c1)NCC(c1ccc(Cl)s1)O2. The number of benzene rings is 1. The zero-order valence-electron chi connectivity index (χ0n) is 9.37. The first-order valence-electron chi connectivity index (χ1n) is 5.49. The number of ether oxygens (including phenoxy) is 1. The van der Waals surface area contributed by atoms with Crippen molar-refractivity contribution in [2.75, 3.05) is 11.9 Å². The van der Waals surface area contributed by atoms with Gasteiger partial charge in [0.2, 0.25) is 0 Å². The summed E-state index contributed by atoms with van der Waals surface area (Å²) in [5, 5.41) is 3.40. The van der Waals surface area contributed by atoms with E-state index in [1.807, 2.05) is 18.2 Å². The summed E-state index contributed by atoms with van der Waals surface area (Å²) < 4.78 is 6.78. The van der Waals surface area contributed by atoms with Crippen LogP contribution in [-0.2, 0) is 0 Å². The van der Waals surface area contributed by atoms with E-state index >= 15 is 0 Å². The Bertz CT molecular complexity index is 552. The standard InChI is InChI=1S/C13H12ClNOS/c1-8-2-3-10-9(6-8)15-7-11(16-10)12-4-5-13(14)17-12/h2-6,11,15H,7H2,1H3. The number of aryl methyl sites for hydroxylation is 1. The Morgan fingerprint density at radius 1 is 1.35 bits per heavy atom. The average Bonchev–Trinajstić information content (AvgIpc) is 2.75. The van der Waals surface area contributed by atoms with Gasteiger partial charge in [-0.3, -0.25) is 0 Å². The van der Waals surface area contributed by atoms with Gasteiger partial charge in [0, 0.05) is 4.88 Å². The minimum Gasteiger partial charge on any atom is -0.481 e. The molecule has 1 atom stereocenters. The van der Waals surface area contributed by atoms with Gasteiger partial charge in [0.25, 0.3) is 0 Å². The lowest BCUT2D eigenvalue weighted by molar-refractivity contribution is 0.214. The number of fused-ring (bicyclic) bond motifs is 1. The van der Waals surface area contributed by atoms with Crippen molar-refractivity contribution in [3.05, 3.63) is 45.1 Å². The maximum Gasteiger partial charge on any atom is 0.150 e. The molecule has 0 fully saturated rings. The fourth-order valence-corrected chi connectivity index (χ4v) is 3.03. The number of thiophene rings is 1. The highest BCUT2D eigenvalue weighted by molar-refractivity contribution is 7.16. The number of rotatable bonds is 1. The van der Waals surface area contributed by atoms with Gasteiger partial charge in [-0.2, -0.15) is 0 Å². The fraction of sp³-hybridized carbons (Fsp3) is 0.231. The Morgan fingerprint density at radius 3 is 3.00 bits per heavy atom. The van der Waals surface area contributed by atoms with Crippen molar-refractivity contribution >= 4 is 28.6 Å². The normalized spacial score (nSPS) is 18.1. The molecule has 0 radical (unpaired) electrons. The van der Waals surface area contributed by atoms with Crippen molar-refractivity contribution in [1.82, 2.24) is 0 Å². The van der Waals surface area contributed by atoms with Gasteiger partial charge in [-0.25, -0.2) is 0 Å². The zero-order chi connectivity index (χ0) is 11.8. The van der Waals surface area contributed by atoms with E-state index in [2.05, 4.69) is 24.4 Å². The van der Waals surface area contributed by atoms with Crippen molar-refractivity contribution in [3.8, 4) is 5.75 Å². The van der Waals surface area contributed by atoms with E-state index < -0.39 is 0 Å². The molecule has 0 spiro atoms. The van der Waals surface area contributed by atoms with Crippen LogP contribution in [0, 0.1) is 6.92 Å². The Morgan fingerprint density at radius 2 is 2.24 bits per heavy atom. The molecule has 2 nitrogen and oxygen atoms in total. The van der Waals surface area contributed by atoms with Crippen LogP contribution in [0.3, 0.4) is 0 Å². The van der Waals surface area contributed by atoms with Crippen molar-refractivity contribution in [2.45, 2.75) is 13.0 Å². The predicted octanol–water partition coefficient (Wildman–Crippen LogP) is 4.26. The molecular formula is C13H12ClNOS. The van der Waals surface area contributed by atoms with Gasteiger partial charge in [-0.15, -0.1) is 11.3 Å². The molecule has 4 heteroatoms. The largest absolute Gasteiger partial charge is 0.481 e. The summed E-state index contributed by atoms with van der Waals surface area (Å²) >= 11 is 7.52. The Kier molecular flexibility index (Phi) is 2.73. The van der Waals surface area contributed by atoms with Crippen LogP contribution in [0.5, 0.6) is 5.75 Å². The first kappa shape index (κ1) is 10.9. The lowest BCUT2D eigenvalue weighted by Crippen LogP contribution is -2.22. The van der Waals surface area contributed by atoms with Crippen molar-refractivity contribution < 1.29 is 4.74 Å². The van der Waals surface area contributed by atoms with E-state index in [1.54, 1.807) is 11.3 Å². The molecule has 0 bridgehead atoms. The average molecular weight is 266 g/mol.